The first-order chi connectivity index (χ1) is 19.2. The van der Waals surface area contributed by atoms with Gasteiger partial charge in [0.2, 0.25) is 11.8 Å². The van der Waals surface area contributed by atoms with Crippen molar-refractivity contribution in [2.75, 3.05) is 27.4 Å². The van der Waals surface area contributed by atoms with Crippen molar-refractivity contribution in [1.82, 2.24) is 16.0 Å². The molecular weight excluding hydrogens is 518 g/mol. The maximum absolute atomic E-state index is 12.7. The average molecular weight is 552 g/mol. The maximum Gasteiger partial charge on any atom is 0.407 e. The summed E-state index contributed by atoms with van der Waals surface area (Å²) >= 11 is 0. The number of hydrogen-bond acceptors (Lipinski definition) is 8. The maximum atomic E-state index is 12.7. The van der Waals surface area contributed by atoms with Crippen molar-refractivity contribution < 1.29 is 38.2 Å². The molecule has 0 aromatic heterocycles. The Labute approximate surface area is 232 Å². The first-order valence-electron chi connectivity index (χ1n) is 12.7. The Bertz CT molecular complexity index is 1230. The molecule has 2 aromatic rings. The number of carbonyl (C=O) groups excluding carboxylic acids is 5. The fourth-order valence-electron chi connectivity index (χ4n) is 4.43. The number of carbonyl (C=O) groups is 5. The first kappa shape index (κ1) is 29.9. The van der Waals surface area contributed by atoms with E-state index >= 15 is 0 Å². The minimum absolute atomic E-state index is 0.0490. The molecule has 0 bridgehead atoms. The highest BCUT2D eigenvalue weighted by Crippen LogP contribution is 2.44. The van der Waals surface area contributed by atoms with Crippen LogP contribution in [0.5, 0.6) is 0 Å². The zero-order valence-electron chi connectivity index (χ0n) is 22.6. The Morgan fingerprint density at radius 3 is 1.95 bits per heavy atom. The van der Waals surface area contributed by atoms with Crippen molar-refractivity contribution in [1.29, 1.82) is 0 Å². The van der Waals surface area contributed by atoms with Gasteiger partial charge in [-0.2, -0.15) is 0 Å². The van der Waals surface area contributed by atoms with Gasteiger partial charge in [0.1, 0.15) is 25.2 Å². The molecule has 212 valence electrons. The van der Waals surface area contributed by atoms with Crippen LogP contribution < -0.4 is 16.0 Å². The molecule has 1 aliphatic carbocycles. The van der Waals surface area contributed by atoms with Crippen LogP contribution in [0.4, 0.5) is 4.79 Å². The standard InChI is InChI=1S/C29H33N3O8/c1-18(33)31-24(27(35)30-16-26(34)38-2)14-8-9-15-25(28(36)39-3)32-29(37)40-17-23-21-12-6-4-10-19(21)20-11-5-7-13-22(20)23/h4-13,23-25H,14-17H2,1-3H3,(H,30,35)(H,31,33)(H,32,37)/b9-8-. The summed E-state index contributed by atoms with van der Waals surface area (Å²) in [5.74, 6) is -2.45. The minimum atomic E-state index is -1.04. The van der Waals surface area contributed by atoms with Crippen molar-refractivity contribution in [3.63, 3.8) is 0 Å². The van der Waals surface area contributed by atoms with Crippen molar-refractivity contribution in [2.45, 2.75) is 37.8 Å². The molecule has 3 rings (SSSR count). The smallest absolute Gasteiger partial charge is 0.407 e. The Kier molecular flexibility index (Phi) is 10.8. The van der Waals surface area contributed by atoms with Gasteiger partial charge in [0, 0.05) is 12.8 Å². The predicted molar refractivity (Wildman–Crippen MR) is 145 cm³/mol. The van der Waals surface area contributed by atoms with Gasteiger partial charge in [-0.3, -0.25) is 14.4 Å². The van der Waals surface area contributed by atoms with E-state index in [1.165, 1.54) is 21.1 Å². The molecule has 1 aliphatic rings. The van der Waals surface area contributed by atoms with Crippen molar-refractivity contribution in [3.8, 4) is 11.1 Å². The second kappa shape index (κ2) is 14.5. The van der Waals surface area contributed by atoms with E-state index in [4.69, 9.17) is 9.47 Å². The Morgan fingerprint density at radius 1 is 0.825 bits per heavy atom. The third kappa shape index (κ3) is 7.92. The summed E-state index contributed by atoms with van der Waals surface area (Å²) in [5.41, 5.74) is 4.32. The summed E-state index contributed by atoms with van der Waals surface area (Å²) in [5, 5.41) is 7.41. The lowest BCUT2D eigenvalue weighted by Crippen LogP contribution is -2.47. The van der Waals surface area contributed by atoms with Crippen LogP contribution in [0.25, 0.3) is 11.1 Å². The van der Waals surface area contributed by atoms with Crippen molar-refractivity contribution in [2.24, 2.45) is 0 Å². The summed E-state index contributed by atoms with van der Waals surface area (Å²) < 4.78 is 14.8. The van der Waals surface area contributed by atoms with Gasteiger partial charge < -0.3 is 30.2 Å². The largest absolute Gasteiger partial charge is 0.468 e. The van der Waals surface area contributed by atoms with E-state index in [-0.39, 0.29) is 31.9 Å². The Hall–Kier alpha value is -4.67. The third-order valence-corrected chi connectivity index (χ3v) is 6.36. The number of rotatable bonds is 12. The fourth-order valence-corrected chi connectivity index (χ4v) is 4.43. The monoisotopic (exact) mass is 551 g/mol. The number of benzene rings is 2. The molecule has 11 nitrogen and oxygen atoms in total. The quantitative estimate of drug-likeness (QED) is 0.207. The highest BCUT2D eigenvalue weighted by Gasteiger charge is 2.30. The molecule has 0 fully saturated rings. The number of nitrogens with one attached hydrogen (secondary N) is 3. The van der Waals surface area contributed by atoms with Gasteiger partial charge in [-0.15, -0.1) is 0 Å². The molecule has 0 saturated heterocycles. The van der Waals surface area contributed by atoms with Gasteiger partial charge in [0.25, 0.3) is 0 Å². The van der Waals surface area contributed by atoms with E-state index in [2.05, 4.69) is 20.7 Å². The van der Waals surface area contributed by atoms with Gasteiger partial charge in [0.15, 0.2) is 0 Å². The second-order valence-corrected chi connectivity index (χ2v) is 9.04. The topological polar surface area (TPSA) is 149 Å². The zero-order valence-corrected chi connectivity index (χ0v) is 22.6. The van der Waals surface area contributed by atoms with Crippen molar-refractivity contribution >= 4 is 29.8 Å². The van der Waals surface area contributed by atoms with E-state index in [0.29, 0.717) is 0 Å². The van der Waals surface area contributed by atoms with E-state index in [1.807, 2.05) is 48.5 Å². The lowest BCUT2D eigenvalue weighted by molar-refractivity contribution is -0.143. The molecule has 3 N–H and O–H groups in total. The second-order valence-electron chi connectivity index (χ2n) is 9.04. The molecule has 0 aliphatic heterocycles. The van der Waals surface area contributed by atoms with Crippen LogP contribution in [0.3, 0.4) is 0 Å². The predicted octanol–water partition coefficient (Wildman–Crippen LogP) is 2.20. The van der Waals surface area contributed by atoms with E-state index < -0.39 is 41.9 Å². The molecule has 2 unspecified atom stereocenters. The zero-order chi connectivity index (χ0) is 29.1. The molecule has 11 heteroatoms. The highest BCUT2D eigenvalue weighted by atomic mass is 16.6. The number of ether oxygens (including phenoxy) is 3. The van der Waals surface area contributed by atoms with Crippen LogP contribution >= 0.6 is 0 Å². The van der Waals surface area contributed by atoms with Crippen LogP contribution in [-0.2, 0) is 33.4 Å². The van der Waals surface area contributed by atoms with Gasteiger partial charge in [-0.05, 0) is 35.1 Å². The van der Waals surface area contributed by atoms with Crippen LogP contribution in [0.2, 0.25) is 0 Å². The number of hydrogen-bond donors (Lipinski definition) is 3. The van der Waals surface area contributed by atoms with Gasteiger partial charge >= 0.3 is 18.0 Å². The van der Waals surface area contributed by atoms with Gasteiger partial charge in [0.05, 0.1) is 14.2 Å². The van der Waals surface area contributed by atoms with Crippen LogP contribution in [0, 0.1) is 0 Å². The number of methoxy groups -OCH3 is 2. The van der Waals surface area contributed by atoms with Crippen LogP contribution in [0.15, 0.2) is 60.7 Å². The molecule has 0 saturated carbocycles. The lowest BCUT2D eigenvalue weighted by Gasteiger charge is -2.18. The average Bonchev–Trinajstić information content (AvgIpc) is 3.28. The highest BCUT2D eigenvalue weighted by molar-refractivity contribution is 5.89. The van der Waals surface area contributed by atoms with Crippen LogP contribution in [-0.4, -0.2) is 69.3 Å². The van der Waals surface area contributed by atoms with E-state index in [0.717, 1.165) is 22.3 Å². The summed E-state index contributed by atoms with van der Waals surface area (Å²) in [6.45, 7) is 1.00. The number of fused-ring (bicyclic) bond motifs is 3. The summed E-state index contributed by atoms with van der Waals surface area (Å²) in [4.78, 5) is 60.1. The summed E-state index contributed by atoms with van der Waals surface area (Å²) in [6, 6.07) is 13.9. The lowest BCUT2D eigenvalue weighted by atomic mass is 9.98. The normalized spacial score (nSPS) is 13.4. The SMILES string of the molecule is COC(=O)CNC(=O)C(C/C=C\CC(NC(=O)OCC1c2ccccc2-c2ccccc21)C(=O)OC)NC(C)=O. The summed E-state index contributed by atoms with van der Waals surface area (Å²) in [6.07, 6.45) is 2.50. The molecule has 0 radical (unpaired) electrons. The van der Waals surface area contributed by atoms with Crippen LogP contribution in [0.1, 0.15) is 36.8 Å². The number of alkyl carbamates (subject to hydrolysis) is 1. The van der Waals surface area contributed by atoms with E-state index in [9.17, 15) is 24.0 Å². The van der Waals surface area contributed by atoms with Gasteiger partial charge in [-0.25, -0.2) is 9.59 Å². The number of amides is 3. The molecule has 3 amide bonds. The molecule has 40 heavy (non-hydrogen) atoms. The fraction of sp³-hybridized carbons (Fsp3) is 0.345. The first-order valence-corrected chi connectivity index (χ1v) is 12.7. The Morgan fingerprint density at radius 2 is 1.40 bits per heavy atom. The van der Waals surface area contributed by atoms with Gasteiger partial charge in [-0.1, -0.05) is 60.7 Å². The molecule has 0 heterocycles. The molecule has 2 aromatic carbocycles. The van der Waals surface area contributed by atoms with Crippen molar-refractivity contribution in [3.05, 3.63) is 71.8 Å². The molecule has 2 atom stereocenters. The summed E-state index contributed by atoms with van der Waals surface area (Å²) in [7, 11) is 2.40. The minimum Gasteiger partial charge on any atom is -0.468 e. The third-order valence-electron chi connectivity index (χ3n) is 6.36. The number of esters is 2. The molecule has 0 spiro atoms. The van der Waals surface area contributed by atoms with E-state index in [1.54, 1.807) is 12.2 Å². The Balaban J connectivity index is 1.57. The molecular formula is C29H33N3O8.